The summed E-state index contributed by atoms with van der Waals surface area (Å²) in [6.45, 7) is -1.11. The summed E-state index contributed by atoms with van der Waals surface area (Å²) in [5, 5.41) is 32.1. The van der Waals surface area contributed by atoms with Crippen molar-refractivity contribution in [3.63, 3.8) is 0 Å². The number of nitrogens with one attached hydrogen (secondary N) is 3. The van der Waals surface area contributed by atoms with Crippen LogP contribution >= 0.6 is 15.9 Å². The number of rotatable bonds is 8. The van der Waals surface area contributed by atoms with Crippen LogP contribution in [0.4, 0.5) is 0 Å². The molecular formula is C20H21BrN4O6. The molecule has 0 aliphatic heterocycles. The predicted molar refractivity (Wildman–Crippen MR) is 113 cm³/mol. The highest BCUT2D eigenvalue weighted by Crippen LogP contribution is 2.39. The van der Waals surface area contributed by atoms with Crippen molar-refractivity contribution in [2.24, 2.45) is 0 Å². The quantitative estimate of drug-likeness (QED) is 0.258. The number of amides is 1. The summed E-state index contributed by atoms with van der Waals surface area (Å²) in [4.78, 5) is 34.1. The van der Waals surface area contributed by atoms with Crippen LogP contribution < -0.4 is 5.32 Å². The van der Waals surface area contributed by atoms with Crippen LogP contribution in [-0.2, 0) is 31.1 Å². The highest BCUT2D eigenvalue weighted by atomic mass is 79.9. The highest BCUT2D eigenvalue weighted by Gasteiger charge is 2.25. The number of aromatic nitrogens is 3. The third-order valence-corrected chi connectivity index (χ3v) is 5.62. The molecule has 3 rings (SSSR count). The Morgan fingerprint density at radius 2 is 1.90 bits per heavy atom. The van der Waals surface area contributed by atoms with E-state index in [4.69, 9.17) is 4.74 Å². The fourth-order valence-electron chi connectivity index (χ4n) is 3.33. The first-order valence-corrected chi connectivity index (χ1v) is 9.98. The Bertz CT molecular complexity index is 1090. The van der Waals surface area contributed by atoms with Crippen molar-refractivity contribution in [2.45, 2.75) is 26.4 Å². The van der Waals surface area contributed by atoms with E-state index in [0.717, 1.165) is 0 Å². The van der Waals surface area contributed by atoms with Gasteiger partial charge in [0, 0.05) is 23.7 Å². The third kappa shape index (κ3) is 4.39. The molecule has 2 heterocycles. The lowest BCUT2D eigenvalue weighted by Gasteiger charge is -2.16. The van der Waals surface area contributed by atoms with Gasteiger partial charge in [-0.3, -0.25) is 4.79 Å². The van der Waals surface area contributed by atoms with E-state index >= 15 is 0 Å². The van der Waals surface area contributed by atoms with Crippen LogP contribution in [-0.4, -0.2) is 49.3 Å². The van der Waals surface area contributed by atoms with E-state index in [2.05, 4.69) is 36.2 Å². The molecule has 2 aromatic heterocycles. The molecule has 1 aromatic carbocycles. The molecule has 31 heavy (non-hydrogen) atoms. The molecule has 10 nitrogen and oxygen atoms in total. The second-order valence-corrected chi connectivity index (χ2v) is 7.28. The molecule has 6 N–H and O–H groups in total. The standard InChI is InChI=1S/C20H21BrN4O6/c1-31-20(30)17-16(21)15(11-3-2-10(7-26)12(8-27)13(11)9-28)14(25-17)6-24-19(29)18-22-4-5-23-18/h2-5,25-28H,6-9H2,1H3,(H,22,23)(H,24,29). The molecule has 0 atom stereocenters. The number of carbonyl (C=O) groups excluding carboxylic acids is 2. The number of esters is 1. The van der Waals surface area contributed by atoms with E-state index in [9.17, 15) is 24.9 Å². The minimum Gasteiger partial charge on any atom is -0.464 e. The van der Waals surface area contributed by atoms with Crippen LogP contribution in [0.3, 0.4) is 0 Å². The van der Waals surface area contributed by atoms with Gasteiger partial charge in [0.05, 0.1) is 37.9 Å². The molecule has 0 radical (unpaired) electrons. The molecule has 0 aliphatic rings. The monoisotopic (exact) mass is 492 g/mol. The fraction of sp³-hybridized carbons (Fsp3) is 0.250. The Morgan fingerprint density at radius 3 is 2.48 bits per heavy atom. The molecule has 0 aliphatic carbocycles. The number of ether oxygens (including phenoxy) is 1. The lowest BCUT2D eigenvalue weighted by Crippen LogP contribution is -2.24. The number of aliphatic hydroxyl groups excluding tert-OH is 3. The number of halogens is 1. The first-order chi connectivity index (χ1) is 15.0. The van der Waals surface area contributed by atoms with Crippen molar-refractivity contribution in [3.05, 3.63) is 62.9 Å². The molecule has 0 fully saturated rings. The van der Waals surface area contributed by atoms with Gasteiger partial charge in [0.25, 0.3) is 5.91 Å². The smallest absolute Gasteiger partial charge is 0.355 e. The molecule has 164 valence electrons. The van der Waals surface area contributed by atoms with Crippen molar-refractivity contribution in [2.75, 3.05) is 7.11 Å². The van der Waals surface area contributed by atoms with Crippen LogP contribution in [0.5, 0.6) is 0 Å². The minimum absolute atomic E-state index is 0.00550. The number of imidazole rings is 1. The van der Waals surface area contributed by atoms with Crippen LogP contribution in [0.25, 0.3) is 11.1 Å². The second kappa shape index (κ2) is 9.88. The van der Waals surface area contributed by atoms with Gasteiger partial charge < -0.3 is 35.3 Å². The second-order valence-electron chi connectivity index (χ2n) is 6.48. The van der Waals surface area contributed by atoms with Crippen LogP contribution in [0, 0.1) is 0 Å². The van der Waals surface area contributed by atoms with Gasteiger partial charge in [-0.15, -0.1) is 0 Å². The van der Waals surface area contributed by atoms with Gasteiger partial charge in [0.2, 0.25) is 0 Å². The van der Waals surface area contributed by atoms with Crippen LogP contribution in [0.2, 0.25) is 0 Å². The van der Waals surface area contributed by atoms with Gasteiger partial charge >= 0.3 is 5.97 Å². The van der Waals surface area contributed by atoms with Gasteiger partial charge in [0.15, 0.2) is 5.82 Å². The summed E-state index contributed by atoms with van der Waals surface area (Å²) < 4.78 is 5.19. The van der Waals surface area contributed by atoms with Gasteiger partial charge in [-0.25, -0.2) is 9.78 Å². The average Bonchev–Trinajstić information content (AvgIpc) is 3.44. The summed E-state index contributed by atoms with van der Waals surface area (Å²) in [7, 11) is 1.24. The lowest BCUT2D eigenvalue weighted by atomic mass is 9.92. The number of benzene rings is 1. The Kier molecular flexibility index (Phi) is 7.23. The summed E-state index contributed by atoms with van der Waals surface area (Å²) >= 11 is 3.41. The number of methoxy groups -OCH3 is 1. The number of carbonyl (C=O) groups is 2. The van der Waals surface area contributed by atoms with Gasteiger partial charge in [-0.1, -0.05) is 12.1 Å². The normalized spacial score (nSPS) is 10.9. The molecule has 0 spiro atoms. The maximum atomic E-state index is 12.3. The van der Waals surface area contributed by atoms with Crippen molar-refractivity contribution in [1.82, 2.24) is 20.3 Å². The van der Waals surface area contributed by atoms with Crippen LogP contribution in [0.1, 0.15) is 43.5 Å². The number of aromatic amines is 2. The molecule has 0 saturated carbocycles. The Hall–Kier alpha value is -2.99. The minimum atomic E-state index is -0.628. The maximum Gasteiger partial charge on any atom is 0.355 e. The van der Waals surface area contributed by atoms with Crippen molar-refractivity contribution in [1.29, 1.82) is 0 Å². The van der Waals surface area contributed by atoms with Crippen molar-refractivity contribution >= 4 is 27.8 Å². The Morgan fingerprint density at radius 1 is 1.16 bits per heavy atom. The van der Waals surface area contributed by atoms with E-state index < -0.39 is 25.1 Å². The van der Waals surface area contributed by atoms with Crippen LogP contribution in [0.15, 0.2) is 29.0 Å². The molecule has 0 bridgehead atoms. The topological polar surface area (TPSA) is 161 Å². The molecule has 11 heteroatoms. The zero-order valence-electron chi connectivity index (χ0n) is 16.5. The SMILES string of the molecule is COC(=O)c1[nH]c(CNC(=O)c2ncc[nH]2)c(-c2ccc(CO)c(CO)c2CO)c1Br. The molecule has 0 saturated heterocycles. The highest BCUT2D eigenvalue weighted by molar-refractivity contribution is 9.10. The number of nitrogens with zero attached hydrogens (tertiary/aromatic N) is 1. The predicted octanol–water partition coefficient (Wildman–Crippen LogP) is 1.36. The van der Waals surface area contributed by atoms with E-state index in [1.54, 1.807) is 12.1 Å². The molecule has 1 amide bonds. The van der Waals surface area contributed by atoms with E-state index in [-0.39, 0.29) is 24.7 Å². The summed E-state index contributed by atoms with van der Waals surface area (Å²) in [6.07, 6.45) is 2.97. The molecular weight excluding hydrogens is 472 g/mol. The van der Waals surface area contributed by atoms with E-state index in [1.165, 1.54) is 19.5 Å². The Balaban J connectivity index is 2.11. The third-order valence-electron chi connectivity index (χ3n) is 4.83. The van der Waals surface area contributed by atoms with E-state index in [0.29, 0.717) is 38.0 Å². The van der Waals surface area contributed by atoms with Crippen molar-refractivity contribution in [3.8, 4) is 11.1 Å². The van der Waals surface area contributed by atoms with Crippen molar-refractivity contribution < 1.29 is 29.6 Å². The number of H-pyrrole nitrogens is 2. The summed E-state index contributed by atoms with van der Waals surface area (Å²) in [5.41, 5.74) is 2.86. The zero-order chi connectivity index (χ0) is 22.5. The first-order valence-electron chi connectivity index (χ1n) is 9.19. The van der Waals surface area contributed by atoms with Gasteiger partial charge in [-0.2, -0.15) is 0 Å². The number of hydrogen-bond donors (Lipinski definition) is 6. The number of aliphatic hydroxyl groups is 3. The van der Waals surface area contributed by atoms with Gasteiger partial charge in [0.1, 0.15) is 5.69 Å². The molecule has 3 aromatic rings. The lowest BCUT2D eigenvalue weighted by molar-refractivity contribution is 0.0593. The van der Waals surface area contributed by atoms with E-state index in [1.807, 2.05) is 0 Å². The fourth-order valence-corrected chi connectivity index (χ4v) is 4.04. The Labute approximate surface area is 185 Å². The zero-order valence-corrected chi connectivity index (χ0v) is 18.1. The molecule has 0 unspecified atom stereocenters. The maximum absolute atomic E-state index is 12.3. The summed E-state index contributed by atoms with van der Waals surface area (Å²) in [6, 6.07) is 3.30. The largest absolute Gasteiger partial charge is 0.464 e. The first kappa shape index (κ1) is 22.7. The number of hydrogen-bond acceptors (Lipinski definition) is 7. The average molecular weight is 493 g/mol. The van der Waals surface area contributed by atoms with Gasteiger partial charge in [-0.05, 0) is 38.2 Å². The summed E-state index contributed by atoms with van der Waals surface area (Å²) in [5.74, 6) is -0.946.